The number of aromatic amines is 1. The van der Waals surface area contributed by atoms with Crippen LogP contribution in [0.2, 0.25) is 0 Å². The average Bonchev–Trinajstić information content (AvgIpc) is 3.10. The van der Waals surface area contributed by atoms with E-state index in [1.165, 1.54) is 0 Å². The lowest BCUT2D eigenvalue weighted by atomic mass is 10.0. The van der Waals surface area contributed by atoms with E-state index in [0.29, 0.717) is 29.0 Å². The fourth-order valence-electron chi connectivity index (χ4n) is 3.26. The van der Waals surface area contributed by atoms with Crippen molar-refractivity contribution in [3.05, 3.63) is 63.9 Å². The molecule has 2 heterocycles. The first-order valence-corrected chi connectivity index (χ1v) is 8.17. The average molecular weight is 350 g/mol. The third-order valence-electron chi connectivity index (χ3n) is 4.51. The van der Waals surface area contributed by atoms with E-state index in [4.69, 9.17) is 10.3 Å². The molecule has 0 unspecified atom stereocenters. The molecule has 0 saturated carbocycles. The summed E-state index contributed by atoms with van der Waals surface area (Å²) in [4.78, 5) is 15.3. The van der Waals surface area contributed by atoms with Gasteiger partial charge in [-0.05, 0) is 49.2 Å². The number of fused-ring (bicyclic) bond motifs is 1. The second-order valence-corrected chi connectivity index (χ2v) is 6.34. The van der Waals surface area contributed by atoms with E-state index in [1.54, 1.807) is 28.8 Å². The Balaban J connectivity index is 1.90. The van der Waals surface area contributed by atoms with Crippen molar-refractivity contribution in [3.8, 4) is 16.9 Å². The number of nitrogens with zero attached hydrogens (tertiary/aromatic N) is 2. The van der Waals surface area contributed by atoms with Crippen LogP contribution in [0, 0.1) is 13.8 Å². The van der Waals surface area contributed by atoms with Crippen LogP contribution in [-0.2, 0) is 6.54 Å². The first kappa shape index (κ1) is 16.0. The van der Waals surface area contributed by atoms with E-state index in [0.717, 1.165) is 22.4 Å². The molecular formula is C19H18N4O3. The number of nitrogen functional groups attached to an aromatic ring is 1. The summed E-state index contributed by atoms with van der Waals surface area (Å²) in [6.07, 6.45) is 0. The number of hydrogen-bond donors (Lipinski definition) is 3. The number of hydrogen-bond acceptors (Lipinski definition) is 5. The van der Waals surface area contributed by atoms with E-state index in [-0.39, 0.29) is 11.4 Å². The van der Waals surface area contributed by atoms with E-state index >= 15 is 0 Å². The Morgan fingerprint density at radius 3 is 2.62 bits per heavy atom. The Morgan fingerprint density at radius 1 is 1.23 bits per heavy atom. The van der Waals surface area contributed by atoms with Crippen LogP contribution in [0.5, 0.6) is 5.75 Å². The minimum Gasteiger partial charge on any atom is -0.508 e. The van der Waals surface area contributed by atoms with Gasteiger partial charge in [0, 0.05) is 5.56 Å². The van der Waals surface area contributed by atoms with Crippen molar-refractivity contribution < 1.29 is 9.63 Å². The number of aromatic nitrogens is 3. The lowest BCUT2D eigenvalue weighted by Crippen LogP contribution is -2.17. The van der Waals surface area contributed by atoms with Gasteiger partial charge in [-0.2, -0.15) is 0 Å². The number of aryl methyl sites for hydroxylation is 2. The van der Waals surface area contributed by atoms with Gasteiger partial charge in [-0.1, -0.05) is 17.3 Å². The van der Waals surface area contributed by atoms with Crippen molar-refractivity contribution in [2.45, 2.75) is 20.4 Å². The molecule has 132 valence electrons. The number of rotatable bonds is 3. The Bertz CT molecular complexity index is 1150. The topological polar surface area (TPSA) is 110 Å². The number of phenolic OH excluding ortho intramolecular Hbond substituents is 1. The minimum absolute atomic E-state index is 0.185. The minimum atomic E-state index is -0.240. The fourth-order valence-corrected chi connectivity index (χ4v) is 3.26. The van der Waals surface area contributed by atoms with Gasteiger partial charge in [0.15, 0.2) is 0 Å². The molecule has 0 amide bonds. The molecule has 26 heavy (non-hydrogen) atoms. The molecule has 0 atom stereocenters. The molecular weight excluding hydrogens is 332 g/mol. The number of aromatic hydroxyl groups is 1. The maximum atomic E-state index is 12.5. The first-order chi connectivity index (χ1) is 12.4. The molecule has 0 aliphatic carbocycles. The fraction of sp³-hybridized carbons (Fsp3) is 0.158. The summed E-state index contributed by atoms with van der Waals surface area (Å²) in [6.45, 7) is 4.08. The van der Waals surface area contributed by atoms with Crippen LogP contribution < -0.4 is 11.4 Å². The Hall–Kier alpha value is -3.48. The predicted molar refractivity (Wildman–Crippen MR) is 99.2 cm³/mol. The molecule has 7 heteroatoms. The molecule has 0 bridgehead atoms. The molecule has 7 nitrogen and oxygen atoms in total. The summed E-state index contributed by atoms with van der Waals surface area (Å²) in [5.41, 5.74) is 11.1. The molecule has 2 aromatic heterocycles. The summed E-state index contributed by atoms with van der Waals surface area (Å²) in [7, 11) is 0. The molecule has 0 aliphatic rings. The summed E-state index contributed by atoms with van der Waals surface area (Å²) < 4.78 is 6.88. The summed E-state index contributed by atoms with van der Waals surface area (Å²) >= 11 is 0. The normalized spacial score (nSPS) is 11.3. The standard InChI is InChI=1S/C19H18N4O3/c1-10-17(11(2)26-22-10)13-7-15(20)18-16(8-13)23(19(25)21-18)9-12-3-5-14(24)6-4-12/h3-8,24H,9,20H2,1-2H3,(H,21,25). The van der Waals surface area contributed by atoms with Crippen LogP contribution >= 0.6 is 0 Å². The molecule has 0 spiro atoms. The molecule has 4 N–H and O–H groups in total. The zero-order valence-corrected chi connectivity index (χ0v) is 14.4. The quantitative estimate of drug-likeness (QED) is 0.492. The van der Waals surface area contributed by atoms with E-state index in [1.807, 2.05) is 26.0 Å². The molecule has 0 saturated heterocycles. The number of nitrogens with one attached hydrogen (secondary N) is 1. The van der Waals surface area contributed by atoms with Gasteiger partial charge in [0.05, 0.1) is 29.0 Å². The molecule has 4 rings (SSSR count). The van der Waals surface area contributed by atoms with Gasteiger partial charge in [-0.3, -0.25) is 4.57 Å². The molecule has 2 aromatic carbocycles. The van der Waals surface area contributed by atoms with Crippen molar-refractivity contribution >= 4 is 16.7 Å². The molecule has 0 fully saturated rings. The number of nitrogens with two attached hydrogens (primary N) is 1. The van der Waals surface area contributed by atoms with Crippen molar-refractivity contribution in [1.29, 1.82) is 0 Å². The van der Waals surface area contributed by atoms with Gasteiger partial charge in [-0.15, -0.1) is 0 Å². The van der Waals surface area contributed by atoms with Crippen molar-refractivity contribution in [2.24, 2.45) is 0 Å². The number of benzene rings is 2. The third-order valence-corrected chi connectivity index (χ3v) is 4.51. The van der Waals surface area contributed by atoms with Gasteiger partial charge in [0.1, 0.15) is 11.5 Å². The highest BCUT2D eigenvalue weighted by Gasteiger charge is 2.16. The monoisotopic (exact) mass is 350 g/mol. The Morgan fingerprint density at radius 2 is 1.96 bits per heavy atom. The van der Waals surface area contributed by atoms with Gasteiger partial charge in [0.2, 0.25) is 0 Å². The Kier molecular flexibility index (Phi) is 3.57. The van der Waals surface area contributed by atoms with Gasteiger partial charge in [-0.25, -0.2) is 4.79 Å². The van der Waals surface area contributed by atoms with E-state index in [2.05, 4.69) is 10.1 Å². The maximum Gasteiger partial charge on any atom is 0.326 e. The first-order valence-electron chi connectivity index (χ1n) is 8.17. The zero-order chi connectivity index (χ0) is 18.4. The van der Waals surface area contributed by atoms with Gasteiger partial charge >= 0.3 is 5.69 Å². The smallest absolute Gasteiger partial charge is 0.326 e. The lowest BCUT2D eigenvalue weighted by Gasteiger charge is -2.07. The Labute approximate surface area is 148 Å². The van der Waals surface area contributed by atoms with Crippen LogP contribution in [0.15, 0.2) is 45.7 Å². The molecule has 0 radical (unpaired) electrons. The van der Waals surface area contributed by atoms with Crippen molar-refractivity contribution in [3.63, 3.8) is 0 Å². The molecule has 0 aliphatic heterocycles. The SMILES string of the molecule is Cc1noc(C)c1-c1cc(N)c2[nH]c(=O)n(Cc3ccc(O)cc3)c2c1. The lowest BCUT2D eigenvalue weighted by molar-refractivity contribution is 0.393. The van der Waals surface area contributed by atoms with Crippen molar-refractivity contribution in [2.75, 3.05) is 5.73 Å². The van der Waals surface area contributed by atoms with Crippen LogP contribution in [0.25, 0.3) is 22.2 Å². The molecule has 4 aromatic rings. The van der Waals surface area contributed by atoms with E-state index < -0.39 is 0 Å². The second-order valence-electron chi connectivity index (χ2n) is 6.34. The van der Waals surface area contributed by atoms with Crippen LogP contribution in [0.3, 0.4) is 0 Å². The van der Waals surface area contributed by atoms with Crippen LogP contribution in [-0.4, -0.2) is 19.8 Å². The number of phenols is 1. The summed E-state index contributed by atoms with van der Waals surface area (Å²) in [5, 5.41) is 13.4. The van der Waals surface area contributed by atoms with Crippen molar-refractivity contribution in [1.82, 2.24) is 14.7 Å². The van der Waals surface area contributed by atoms with Crippen LogP contribution in [0.4, 0.5) is 5.69 Å². The highest BCUT2D eigenvalue weighted by Crippen LogP contribution is 2.32. The van der Waals surface area contributed by atoms with E-state index in [9.17, 15) is 9.90 Å². The zero-order valence-electron chi connectivity index (χ0n) is 14.4. The number of H-pyrrole nitrogens is 1. The number of anilines is 1. The summed E-state index contributed by atoms with van der Waals surface area (Å²) in [6, 6.07) is 10.5. The third kappa shape index (κ3) is 2.54. The largest absolute Gasteiger partial charge is 0.508 e. The van der Waals surface area contributed by atoms with Crippen LogP contribution in [0.1, 0.15) is 17.0 Å². The summed E-state index contributed by atoms with van der Waals surface area (Å²) in [5.74, 6) is 0.883. The van der Waals surface area contributed by atoms with Gasteiger partial charge in [0.25, 0.3) is 0 Å². The van der Waals surface area contributed by atoms with Gasteiger partial charge < -0.3 is 20.3 Å². The second kappa shape index (κ2) is 5.80. The number of imidazole rings is 1. The highest BCUT2D eigenvalue weighted by atomic mass is 16.5. The maximum absolute atomic E-state index is 12.5. The highest BCUT2D eigenvalue weighted by molar-refractivity contribution is 5.92. The predicted octanol–water partition coefficient (Wildman–Crippen LogP) is 2.94.